The zero-order chi connectivity index (χ0) is 11.5. The first-order chi connectivity index (χ1) is 7.76. The summed E-state index contributed by atoms with van der Waals surface area (Å²) in [7, 11) is 0. The average molecular weight is 234 g/mol. The van der Waals surface area contributed by atoms with Crippen LogP contribution in [0.25, 0.3) is 0 Å². The molecular weight excluding hydrogens is 224 g/mol. The highest BCUT2D eigenvalue weighted by Crippen LogP contribution is 2.25. The highest BCUT2D eigenvalue weighted by Gasteiger charge is 2.31. The fourth-order valence-electron chi connectivity index (χ4n) is 1.73. The number of hydrogen-bond acceptors (Lipinski definition) is 5. The number of rotatable bonds is 2. The topological polar surface area (TPSA) is 69.9 Å². The first-order valence-corrected chi connectivity index (χ1v) is 5.51. The molecule has 0 aromatic carbocycles. The number of nitriles is 1. The first kappa shape index (κ1) is 10.9. The van der Waals surface area contributed by atoms with Crippen LogP contribution in [0.3, 0.4) is 0 Å². The summed E-state index contributed by atoms with van der Waals surface area (Å²) in [6, 6.07) is 1.99. The van der Waals surface area contributed by atoms with Crippen LogP contribution in [0.15, 0.2) is 12.5 Å². The van der Waals surface area contributed by atoms with E-state index in [4.69, 9.17) is 5.26 Å². The molecule has 1 atom stereocenters. The molecular formula is C10H10N4OS. The van der Waals surface area contributed by atoms with Gasteiger partial charge in [0.25, 0.3) is 0 Å². The van der Waals surface area contributed by atoms with Gasteiger partial charge in [-0.05, 0) is 11.7 Å². The standard InChI is InChI=1S/C10H10N4OS/c11-2-8-3-12-6-13-10(8)14-4-7(5-16)1-9(14)15/h3,6-7,16H,1,4-5H2. The molecule has 82 valence electrons. The third kappa shape index (κ3) is 1.86. The Balaban J connectivity index is 2.32. The quantitative estimate of drug-likeness (QED) is 0.762. The van der Waals surface area contributed by atoms with Gasteiger partial charge >= 0.3 is 0 Å². The maximum absolute atomic E-state index is 11.7. The van der Waals surface area contributed by atoms with E-state index in [9.17, 15) is 4.79 Å². The minimum Gasteiger partial charge on any atom is -0.295 e. The lowest BCUT2D eigenvalue weighted by Crippen LogP contribution is -2.26. The van der Waals surface area contributed by atoms with Crippen LogP contribution in [-0.2, 0) is 4.79 Å². The van der Waals surface area contributed by atoms with Gasteiger partial charge in [0.05, 0.1) is 6.20 Å². The summed E-state index contributed by atoms with van der Waals surface area (Å²) in [6.45, 7) is 0.577. The molecule has 0 radical (unpaired) electrons. The van der Waals surface area contributed by atoms with Crippen LogP contribution in [0, 0.1) is 17.2 Å². The molecule has 1 aliphatic heterocycles. The SMILES string of the molecule is N#Cc1cncnc1N1CC(CS)CC1=O. The molecule has 16 heavy (non-hydrogen) atoms. The van der Waals surface area contributed by atoms with Crippen LogP contribution in [0.4, 0.5) is 5.82 Å². The molecule has 0 N–H and O–H groups in total. The Hall–Kier alpha value is -1.61. The van der Waals surface area contributed by atoms with E-state index in [0.717, 1.165) is 0 Å². The average Bonchev–Trinajstić information content (AvgIpc) is 2.70. The van der Waals surface area contributed by atoms with Crippen molar-refractivity contribution < 1.29 is 4.79 Å². The van der Waals surface area contributed by atoms with Crippen molar-refractivity contribution in [3.63, 3.8) is 0 Å². The summed E-state index contributed by atoms with van der Waals surface area (Å²) in [4.78, 5) is 21.0. The van der Waals surface area contributed by atoms with Gasteiger partial charge in [-0.25, -0.2) is 9.97 Å². The predicted molar refractivity (Wildman–Crippen MR) is 61.1 cm³/mol. The number of hydrogen-bond donors (Lipinski definition) is 1. The molecule has 0 bridgehead atoms. The fourth-order valence-corrected chi connectivity index (χ4v) is 1.97. The van der Waals surface area contributed by atoms with Crippen LogP contribution in [-0.4, -0.2) is 28.2 Å². The Bertz CT molecular complexity index is 456. The van der Waals surface area contributed by atoms with E-state index in [0.29, 0.717) is 30.1 Å². The Morgan fingerprint density at radius 2 is 2.50 bits per heavy atom. The number of nitrogens with zero attached hydrogens (tertiary/aromatic N) is 4. The number of carbonyl (C=O) groups is 1. The summed E-state index contributed by atoms with van der Waals surface area (Å²) in [5, 5.41) is 8.91. The summed E-state index contributed by atoms with van der Waals surface area (Å²) in [5.41, 5.74) is 0.329. The van der Waals surface area contributed by atoms with Crippen molar-refractivity contribution in [3.05, 3.63) is 18.1 Å². The van der Waals surface area contributed by atoms with Crippen molar-refractivity contribution in [1.29, 1.82) is 5.26 Å². The minimum atomic E-state index is -0.00532. The van der Waals surface area contributed by atoms with Crippen molar-refractivity contribution in [2.24, 2.45) is 5.92 Å². The van der Waals surface area contributed by atoms with Crippen LogP contribution in [0.2, 0.25) is 0 Å². The Labute approximate surface area is 98.5 Å². The van der Waals surface area contributed by atoms with Crippen LogP contribution < -0.4 is 4.90 Å². The van der Waals surface area contributed by atoms with Gasteiger partial charge in [-0.3, -0.25) is 9.69 Å². The van der Waals surface area contributed by atoms with Gasteiger partial charge in [0.15, 0.2) is 5.82 Å². The maximum Gasteiger partial charge on any atom is 0.228 e. The van der Waals surface area contributed by atoms with Gasteiger partial charge in [-0.1, -0.05) is 0 Å². The van der Waals surface area contributed by atoms with Crippen molar-refractivity contribution >= 4 is 24.4 Å². The summed E-state index contributed by atoms with van der Waals surface area (Å²) >= 11 is 4.18. The molecule has 0 saturated carbocycles. The minimum absolute atomic E-state index is 0.00532. The van der Waals surface area contributed by atoms with Gasteiger partial charge in [0.2, 0.25) is 5.91 Å². The number of amides is 1. The lowest BCUT2D eigenvalue weighted by atomic mass is 10.1. The smallest absolute Gasteiger partial charge is 0.228 e. The van der Waals surface area contributed by atoms with E-state index < -0.39 is 0 Å². The monoisotopic (exact) mass is 234 g/mol. The number of anilines is 1. The Morgan fingerprint density at radius 3 is 3.12 bits per heavy atom. The molecule has 1 unspecified atom stereocenters. The van der Waals surface area contributed by atoms with E-state index in [2.05, 4.69) is 22.6 Å². The second-order valence-corrected chi connectivity index (χ2v) is 3.99. The number of aromatic nitrogens is 2. The van der Waals surface area contributed by atoms with Gasteiger partial charge in [-0.15, -0.1) is 0 Å². The Morgan fingerprint density at radius 1 is 1.69 bits per heavy atom. The normalized spacial score (nSPS) is 19.9. The zero-order valence-corrected chi connectivity index (χ0v) is 9.39. The third-order valence-electron chi connectivity index (χ3n) is 2.53. The van der Waals surface area contributed by atoms with Crippen molar-refractivity contribution in [2.75, 3.05) is 17.2 Å². The Kier molecular flexibility index (Phi) is 3.06. The molecule has 1 aromatic heterocycles. The summed E-state index contributed by atoms with van der Waals surface area (Å²) in [5.74, 6) is 1.30. The fraction of sp³-hybridized carbons (Fsp3) is 0.400. The molecule has 1 saturated heterocycles. The van der Waals surface area contributed by atoms with Gasteiger partial charge in [0.1, 0.15) is 18.0 Å². The molecule has 0 spiro atoms. The van der Waals surface area contributed by atoms with Crippen molar-refractivity contribution in [2.45, 2.75) is 6.42 Å². The van der Waals surface area contributed by atoms with Crippen molar-refractivity contribution in [1.82, 2.24) is 9.97 Å². The third-order valence-corrected chi connectivity index (χ3v) is 3.05. The van der Waals surface area contributed by atoms with Crippen LogP contribution in [0.5, 0.6) is 0 Å². The molecule has 0 aliphatic carbocycles. The largest absolute Gasteiger partial charge is 0.295 e. The second-order valence-electron chi connectivity index (χ2n) is 3.63. The van der Waals surface area contributed by atoms with Crippen LogP contribution in [0.1, 0.15) is 12.0 Å². The number of carbonyl (C=O) groups excluding carboxylic acids is 1. The van der Waals surface area contributed by atoms with E-state index >= 15 is 0 Å². The lowest BCUT2D eigenvalue weighted by Gasteiger charge is -2.15. The number of thiol groups is 1. The highest BCUT2D eigenvalue weighted by atomic mass is 32.1. The maximum atomic E-state index is 11.7. The molecule has 5 nitrogen and oxygen atoms in total. The van der Waals surface area contributed by atoms with E-state index in [1.807, 2.05) is 6.07 Å². The van der Waals surface area contributed by atoms with Gasteiger partial charge in [0, 0.05) is 13.0 Å². The lowest BCUT2D eigenvalue weighted by molar-refractivity contribution is -0.117. The van der Waals surface area contributed by atoms with Gasteiger partial charge in [-0.2, -0.15) is 17.9 Å². The van der Waals surface area contributed by atoms with E-state index in [-0.39, 0.29) is 11.8 Å². The molecule has 2 rings (SSSR count). The van der Waals surface area contributed by atoms with E-state index in [1.54, 1.807) is 4.90 Å². The predicted octanol–water partition coefficient (Wildman–Crippen LogP) is 0.631. The van der Waals surface area contributed by atoms with E-state index in [1.165, 1.54) is 12.5 Å². The molecule has 1 amide bonds. The molecule has 6 heteroatoms. The highest BCUT2D eigenvalue weighted by molar-refractivity contribution is 7.80. The molecule has 1 aliphatic rings. The van der Waals surface area contributed by atoms with Crippen LogP contribution >= 0.6 is 12.6 Å². The first-order valence-electron chi connectivity index (χ1n) is 4.87. The summed E-state index contributed by atoms with van der Waals surface area (Å²) in [6.07, 6.45) is 3.24. The van der Waals surface area contributed by atoms with Crippen molar-refractivity contribution in [3.8, 4) is 6.07 Å². The summed E-state index contributed by atoms with van der Waals surface area (Å²) < 4.78 is 0. The second kappa shape index (κ2) is 4.49. The molecule has 2 heterocycles. The zero-order valence-electron chi connectivity index (χ0n) is 8.50. The van der Waals surface area contributed by atoms with Gasteiger partial charge < -0.3 is 0 Å². The molecule has 1 fully saturated rings. The molecule has 1 aromatic rings.